The third-order valence-electron chi connectivity index (χ3n) is 2.78. The molecule has 1 heterocycles. The summed E-state index contributed by atoms with van der Waals surface area (Å²) in [4.78, 5) is 13.2. The van der Waals surface area contributed by atoms with Crippen LogP contribution in [-0.2, 0) is 9.53 Å². The molecule has 16 heavy (non-hydrogen) atoms. The van der Waals surface area contributed by atoms with Crippen LogP contribution < -0.4 is 5.32 Å². The molecule has 0 aromatic rings. The van der Waals surface area contributed by atoms with E-state index in [0.717, 1.165) is 45.8 Å². The molecule has 1 fully saturated rings. The van der Waals surface area contributed by atoms with Crippen LogP contribution in [0.2, 0.25) is 0 Å². The van der Waals surface area contributed by atoms with Crippen LogP contribution in [0.15, 0.2) is 0 Å². The van der Waals surface area contributed by atoms with Crippen molar-refractivity contribution in [2.45, 2.75) is 25.8 Å². The number of carboxylic acids is 1. The fraction of sp³-hybridized carbons (Fsp3) is 0.909. The molecule has 0 bridgehead atoms. The van der Waals surface area contributed by atoms with Crippen molar-refractivity contribution >= 4 is 5.97 Å². The fourth-order valence-electron chi connectivity index (χ4n) is 1.77. The summed E-state index contributed by atoms with van der Waals surface area (Å²) >= 11 is 0. The highest BCUT2D eigenvalue weighted by molar-refractivity contribution is 5.73. The van der Waals surface area contributed by atoms with Gasteiger partial charge in [0.2, 0.25) is 0 Å². The molecule has 0 amide bonds. The average molecular weight is 230 g/mol. The number of carboxylic acid groups (broad SMARTS) is 1. The van der Waals surface area contributed by atoms with Crippen molar-refractivity contribution < 1.29 is 14.6 Å². The molecule has 0 saturated carbocycles. The van der Waals surface area contributed by atoms with Gasteiger partial charge in [0.15, 0.2) is 0 Å². The molecule has 0 aromatic heterocycles. The fourth-order valence-corrected chi connectivity index (χ4v) is 1.77. The van der Waals surface area contributed by atoms with Crippen LogP contribution in [0.3, 0.4) is 0 Å². The number of ether oxygens (including phenoxy) is 1. The molecule has 1 rings (SSSR count). The van der Waals surface area contributed by atoms with Crippen LogP contribution in [0.1, 0.15) is 19.8 Å². The van der Waals surface area contributed by atoms with Gasteiger partial charge in [-0.15, -0.1) is 0 Å². The Morgan fingerprint density at radius 3 is 2.75 bits per heavy atom. The summed E-state index contributed by atoms with van der Waals surface area (Å²) in [5, 5.41) is 12.1. The van der Waals surface area contributed by atoms with Gasteiger partial charge in [-0.05, 0) is 19.4 Å². The summed E-state index contributed by atoms with van der Waals surface area (Å²) in [5.74, 6) is -0.748. The molecule has 1 aliphatic rings. The third kappa shape index (κ3) is 4.92. The molecule has 2 N–H and O–H groups in total. The van der Waals surface area contributed by atoms with E-state index < -0.39 is 12.0 Å². The monoisotopic (exact) mass is 230 g/mol. The summed E-state index contributed by atoms with van der Waals surface area (Å²) in [5.41, 5.74) is 0. The number of hydrogen-bond donors (Lipinski definition) is 2. The second-order valence-corrected chi connectivity index (χ2v) is 4.09. The van der Waals surface area contributed by atoms with E-state index >= 15 is 0 Å². The lowest BCUT2D eigenvalue weighted by molar-refractivity contribution is -0.139. The van der Waals surface area contributed by atoms with Gasteiger partial charge in [0.25, 0.3) is 0 Å². The van der Waals surface area contributed by atoms with Gasteiger partial charge < -0.3 is 15.2 Å². The Balaban J connectivity index is 2.22. The van der Waals surface area contributed by atoms with Gasteiger partial charge in [0, 0.05) is 19.6 Å². The first-order valence-corrected chi connectivity index (χ1v) is 6.00. The molecular weight excluding hydrogens is 208 g/mol. The number of nitrogens with zero attached hydrogens (tertiary/aromatic N) is 1. The molecule has 5 heteroatoms. The Kier molecular flexibility index (Phi) is 6.37. The minimum absolute atomic E-state index is 0.414. The maximum Gasteiger partial charge on any atom is 0.320 e. The molecule has 0 radical (unpaired) electrons. The van der Waals surface area contributed by atoms with Crippen LogP contribution >= 0.6 is 0 Å². The molecule has 0 aromatic carbocycles. The van der Waals surface area contributed by atoms with Crippen molar-refractivity contribution in [3.05, 3.63) is 0 Å². The Morgan fingerprint density at radius 1 is 1.50 bits per heavy atom. The van der Waals surface area contributed by atoms with Gasteiger partial charge >= 0.3 is 5.97 Å². The number of morpholine rings is 1. The van der Waals surface area contributed by atoms with E-state index in [1.54, 1.807) is 0 Å². The van der Waals surface area contributed by atoms with E-state index in [2.05, 4.69) is 10.2 Å². The summed E-state index contributed by atoms with van der Waals surface area (Å²) in [6.07, 6.45) is 1.62. The van der Waals surface area contributed by atoms with Crippen LogP contribution in [-0.4, -0.2) is 61.4 Å². The van der Waals surface area contributed by atoms with E-state index in [1.807, 2.05) is 6.92 Å². The third-order valence-corrected chi connectivity index (χ3v) is 2.78. The first-order chi connectivity index (χ1) is 7.74. The molecule has 94 valence electrons. The number of rotatable bonds is 7. The van der Waals surface area contributed by atoms with E-state index in [9.17, 15) is 4.79 Å². The molecule has 1 aliphatic heterocycles. The number of carbonyl (C=O) groups is 1. The Hall–Kier alpha value is -0.650. The largest absolute Gasteiger partial charge is 0.480 e. The first-order valence-electron chi connectivity index (χ1n) is 6.00. The van der Waals surface area contributed by atoms with E-state index in [0.29, 0.717) is 6.42 Å². The van der Waals surface area contributed by atoms with Gasteiger partial charge in [-0.2, -0.15) is 0 Å². The summed E-state index contributed by atoms with van der Waals surface area (Å²) in [7, 11) is 0. The standard InChI is InChI=1S/C11H22N2O3/c1-2-4-12-10(11(14)15)3-5-13-6-8-16-9-7-13/h10,12H,2-9H2,1H3,(H,14,15). The van der Waals surface area contributed by atoms with Crippen molar-refractivity contribution in [2.24, 2.45) is 0 Å². The van der Waals surface area contributed by atoms with E-state index in [4.69, 9.17) is 9.84 Å². The molecule has 5 nitrogen and oxygen atoms in total. The zero-order valence-electron chi connectivity index (χ0n) is 9.95. The lowest BCUT2D eigenvalue weighted by Crippen LogP contribution is -2.43. The van der Waals surface area contributed by atoms with E-state index in [-0.39, 0.29) is 0 Å². The van der Waals surface area contributed by atoms with Crippen molar-refractivity contribution in [3.63, 3.8) is 0 Å². The Morgan fingerprint density at radius 2 is 2.19 bits per heavy atom. The maximum absolute atomic E-state index is 11.0. The highest BCUT2D eigenvalue weighted by atomic mass is 16.5. The number of nitrogens with one attached hydrogen (secondary N) is 1. The van der Waals surface area contributed by atoms with E-state index in [1.165, 1.54) is 0 Å². The van der Waals surface area contributed by atoms with Crippen LogP contribution in [0.5, 0.6) is 0 Å². The highest BCUT2D eigenvalue weighted by Gasteiger charge is 2.18. The zero-order valence-corrected chi connectivity index (χ0v) is 9.95. The van der Waals surface area contributed by atoms with Gasteiger partial charge in [0.1, 0.15) is 6.04 Å². The lowest BCUT2D eigenvalue weighted by atomic mass is 10.2. The predicted molar refractivity (Wildman–Crippen MR) is 61.6 cm³/mol. The minimum Gasteiger partial charge on any atom is -0.480 e. The van der Waals surface area contributed by atoms with Crippen molar-refractivity contribution in [1.82, 2.24) is 10.2 Å². The molecule has 0 spiro atoms. The highest BCUT2D eigenvalue weighted by Crippen LogP contribution is 2.01. The number of hydrogen-bond acceptors (Lipinski definition) is 4. The van der Waals surface area contributed by atoms with Crippen molar-refractivity contribution in [3.8, 4) is 0 Å². The smallest absolute Gasteiger partial charge is 0.320 e. The van der Waals surface area contributed by atoms with Crippen molar-refractivity contribution in [1.29, 1.82) is 0 Å². The van der Waals surface area contributed by atoms with Gasteiger partial charge in [0.05, 0.1) is 13.2 Å². The lowest BCUT2D eigenvalue weighted by Gasteiger charge is -2.27. The maximum atomic E-state index is 11.0. The summed E-state index contributed by atoms with van der Waals surface area (Å²) < 4.78 is 5.25. The minimum atomic E-state index is -0.748. The van der Waals surface area contributed by atoms with Gasteiger partial charge in [-0.1, -0.05) is 6.92 Å². The molecule has 1 unspecified atom stereocenters. The number of aliphatic carboxylic acids is 1. The normalized spacial score (nSPS) is 19.6. The Bertz CT molecular complexity index is 205. The summed E-state index contributed by atoms with van der Waals surface area (Å²) in [6.45, 7) is 6.99. The molecular formula is C11H22N2O3. The van der Waals surface area contributed by atoms with Crippen LogP contribution in [0.4, 0.5) is 0 Å². The Labute approximate surface area is 96.8 Å². The van der Waals surface area contributed by atoms with Gasteiger partial charge in [-0.25, -0.2) is 0 Å². The quantitative estimate of drug-likeness (QED) is 0.652. The zero-order chi connectivity index (χ0) is 11.8. The summed E-state index contributed by atoms with van der Waals surface area (Å²) in [6, 6.07) is -0.414. The average Bonchev–Trinajstić information content (AvgIpc) is 2.30. The molecule has 0 aliphatic carbocycles. The van der Waals surface area contributed by atoms with Crippen LogP contribution in [0.25, 0.3) is 0 Å². The second-order valence-electron chi connectivity index (χ2n) is 4.09. The predicted octanol–water partition coefficient (Wildman–Crippen LogP) is 0.162. The first kappa shape index (κ1) is 13.4. The SMILES string of the molecule is CCCNC(CCN1CCOCC1)C(=O)O. The van der Waals surface area contributed by atoms with Gasteiger partial charge in [-0.3, -0.25) is 9.69 Å². The molecule has 1 atom stereocenters. The topological polar surface area (TPSA) is 61.8 Å². The van der Waals surface area contributed by atoms with Crippen molar-refractivity contribution in [2.75, 3.05) is 39.4 Å². The second kappa shape index (κ2) is 7.60. The van der Waals surface area contributed by atoms with Crippen LogP contribution in [0, 0.1) is 0 Å². The molecule has 1 saturated heterocycles.